The van der Waals surface area contributed by atoms with Gasteiger partial charge in [0, 0.05) is 44.2 Å². The van der Waals surface area contributed by atoms with Crippen molar-refractivity contribution >= 4 is 17.5 Å². The second-order valence-electron chi connectivity index (χ2n) is 6.19. The van der Waals surface area contributed by atoms with Gasteiger partial charge in [0.2, 0.25) is 5.91 Å². The predicted molar refractivity (Wildman–Crippen MR) is 93.7 cm³/mol. The first-order valence-electron chi connectivity index (χ1n) is 8.23. The van der Waals surface area contributed by atoms with E-state index in [0.29, 0.717) is 37.6 Å². The van der Waals surface area contributed by atoms with Crippen LogP contribution in [0.3, 0.4) is 0 Å². The van der Waals surface area contributed by atoms with E-state index in [2.05, 4.69) is 17.9 Å². The molecule has 0 radical (unpaired) electrons. The molecule has 1 amide bonds. The summed E-state index contributed by atoms with van der Waals surface area (Å²) >= 11 is 6.07. The van der Waals surface area contributed by atoms with Crippen molar-refractivity contribution in [3.05, 3.63) is 34.9 Å². The fourth-order valence-corrected chi connectivity index (χ4v) is 3.00. The first kappa shape index (κ1) is 18.7. The lowest BCUT2D eigenvalue weighted by Crippen LogP contribution is -2.46. The average Bonchev–Trinajstić information content (AvgIpc) is 2.58. The Kier molecular flexibility index (Phi) is 7.04. The number of rotatable bonds is 6. The minimum absolute atomic E-state index is 0.0219. The maximum atomic E-state index is 12.1. The smallest absolute Gasteiger partial charge is 0.223 e. The number of morpholine rings is 1. The number of ether oxygens (including phenoxy) is 1. The molecule has 1 aliphatic heterocycles. The number of benzene rings is 1. The highest BCUT2D eigenvalue weighted by Gasteiger charge is 2.27. The molecule has 1 fully saturated rings. The zero-order valence-corrected chi connectivity index (χ0v) is 15.0. The van der Waals surface area contributed by atoms with E-state index in [4.69, 9.17) is 21.6 Å². The predicted octanol–water partition coefficient (Wildman–Crippen LogP) is 2.86. The summed E-state index contributed by atoms with van der Waals surface area (Å²) in [6, 6.07) is 10.1. The van der Waals surface area contributed by atoms with Gasteiger partial charge in [0.15, 0.2) is 0 Å². The SMILES string of the molecule is C[C@H]1CO[C@@H](c2cccc(Cl)c2)CN1CCC(=O)N(C)CCC#N. The van der Waals surface area contributed by atoms with Gasteiger partial charge in [-0.3, -0.25) is 9.69 Å². The van der Waals surface area contributed by atoms with E-state index >= 15 is 0 Å². The maximum Gasteiger partial charge on any atom is 0.223 e. The average molecular weight is 350 g/mol. The third-order valence-corrected chi connectivity index (χ3v) is 4.62. The Morgan fingerprint density at radius 2 is 2.33 bits per heavy atom. The van der Waals surface area contributed by atoms with E-state index in [1.54, 1.807) is 11.9 Å². The zero-order valence-electron chi connectivity index (χ0n) is 14.2. The van der Waals surface area contributed by atoms with Crippen LogP contribution < -0.4 is 0 Å². The van der Waals surface area contributed by atoms with Gasteiger partial charge in [-0.05, 0) is 24.6 Å². The van der Waals surface area contributed by atoms with Crippen molar-refractivity contribution in [1.29, 1.82) is 5.26 Å². The molecule has 130 valence electrons. The fourth-order valence-electron chi connectivity index (χ4n) is 2.80. The molecule has 6 heteroatoms. The van der Waals surface area contributed by atoms with Crippen LogP contribution in [0, 0.1) is 11.3 Å². The van der Waals surface area contributed by atoms with Crippen LogP contribution in [0.25, 0.3) is 0 Å². The number of carbonyl (C=O) groups is 1. The van der Waals surface area contributed by atoms with Gasteiger partial charge < -0.3 is 9.64 Å². The Balaban J connectivity index is 1.89. The van der Waals surface area contributed by atoms with E-state index in [9.17, 15) is 4.79 Å². The Morgan fingerprint density at radius 1 is 1.54 bits per heavy atom. The van der Waals surface area contributed by atoms with Gasteiger partial charge in [0.25, 0.3) is 0 Å². The zero-order chi connectivity index (χ0) is 17.5. The molecule has 2 rings (SSSR count). The highest BCUT2D eigenvalue weighted by Crippen LogP contribution is 2.26. The first-order chi connectivity index (χ1) is 11.5. The first-order valence-corrected chi connectivity index (χ1v) is 8.61. The van der Waals surface area contributed by atoms with Crippen molar-refractivity contribution < 1.29 is 9.53 Å². The topological polar surface area (TPSA) is 56.6 Å². The molecule has 2 atom stereocenters. The van der Waals surface area contributed by atoms with Gasteiger partial charge in [-0.2, -0.15) is 5.26 Å². The number of hydrogen-bond acceptors (Lipinski definition) is 4. The summed E-state index contributed by atoms with van der Waals surface area (Å²) in [6.45, 7) is 4.67. The van der Waals surface area contributed by atoms with Gasteiger partial charge in [0.1, 0.15) is 0 Å². The number of halogens is 1. The van der Waals surface area contributed by atoms with Crippen LogP contribution in [0.5, 0.6) is 0 Å². The van der Waals surface area contributed by atoms with Crippen molar-refractivity contribution in [1.82, 2.24) is 9.80 Å². The molecule has 0 saturated carbocycles. The molecule has 0 aromatic heterocycles. The Bertz CT molecular complexity index is 602. The summed E-state index contributed by atoms with van der Waals surface area (Å²) in [6.07, 6.45) is 0.799. The normalized spacial score (nSPS) is 21.2. The lowest BCUT2D eigenvalue weighted by Gasteiger charge is -2.38. The molecule has 1 aromatic rings. The van der Waals surface area contributed by atoms with Crippen LogP contribution >= 0.6 is 11.6 Å². The summed E-state index contributed by atoms with van der Waals surface area (Å²) in [7, 11) is 1.75. The molecule has 24 heavy (non-hydrogen) atoms. The fraction of sp³-hybridized carbons (Fsp3) is 0.556. The summed E-state index contributed by atoms with van der Waals surface area (Å²) in [5.41, 5.74) is 1.07. The van der Waals surface area contributed by atoms with E-state index < -0.39 is 0 Å². The maximum absolute atomic E-state index is 12.1. The molecule has 1 heterocycles. The Hall–Kier alpha value is -1.61. The van der Waals surface area contributed by atoms with Gasteiger partial charge in [-0.1, -0.05) is 23.7 Å². The second kappa shape index (κ2) is 9.03. The molecule has 0 spiro atoms. The molecule has 1 aliphatic rings. The third-order valence-electron chi connectivity index (χ3n) is 4.38. The number of amides is 1. The minimum atomic E-state index is -0.0219. The monoisotopic (exact) mass is 349 g/mol. The van der Waals surface area contributed by atoms with Crippen LogP contribution in [-0.2, 0) is 9.53 Å². The number of nitrogens with zero attached hydrogens (tertiary/aromatic N) is 3. The van der Waals surface area contributed by atoms with E-state index in [0.717, 1.165) is 12.1 Å². The van der Waals surface area contributed by atoms with Gasteiger partial charge in [0.05, 0.1) is 25.2 Å². The standard InChI is InChI=1S/C18H24ClN3O2/c1-14-13-24-17(15-5-3-6-16(19)11-15)12-22(14)10-7-18(23)21(2)9-4-8-20/h3,5-6,11,14,17H,4,7,9-10,12-13H2,1-2H3/t14-,17+/m0/s1. The lowest BCUT2D eigenvalue weighted by atomic mass is 10.1. The lowest BCUT2D eigenvalue weighted by molar-refractivity contribution is -0.131. The molecule has 1 aromatic carbocycles. The van der Waals surface area contributed by atoms with Crippen molar-refractivity contribution in [3.8, 4) is 6.07 Å². The van der Waals surface area contributed by atoms with Crippen LogP contribution in [0.2, 0.25) is 5.02 Å². The Labute approximate surface area is 148 Å². The quantitative estimate of drug-likeness (QED) is 0.792. The highest BCUT2D eigenvalue weighted by molar-refractivity contribution is 6.30. The molecule has 0 bridgehead atoms. The van der Waals surface area contributed by atoms with Crippen LogP contribution in [-0.4, -0.2) is 55.0 Å². The number of hydrogen-bond donors (Lipinski definition) is 0. The number of nitriles is 1. The van der Waals surface area contributed by atoms with Crippen molar-refractivity contribution in [3.63, 3.8) is 0 Å². The third kappa shape index (κ3) is 5.20. The van der Waals surface area contributed by atoms with Crippen molar-refractivity contribution in [2.24, 2.45) is 0 Å². The molecule has 0 unspecified atom stereocenters. The van der Waals surface area contributed by atoms with Gasteiger partial charge in [-0.25, -0.2) is 0 Å². The van der Waals surface area contributed by atoms with Crippen LogP contribution in [0.1, 0.15) is 31.4 Å². The van der Waals surface area contributed by atoms with Crippen molar-refractivity contribution in [2.75, 3.05) is 33.3 Å². The minimum Gasteiger partial charge on any atom is -0.371 e. The summed E-state index contributed by atoms with van der Waals surface area (Å²) < 4.78 is 5.94. The summed E-state index contributed by atoms with van der Waals surface area (Å²) in [5.74, 6) is 0.0725. The summed E-state index contributed by atoms with van der Waals surface area (Å²) in [5, 5.41) is 9.31. The molecular formula is C18H24ClN3O2. The van der Waals surface area contributed by atoms with Crippen LogP contribution in [0.4, 0.5) is 0 Å². The van der Waals surface area contributed by atoms with Gasteiger partial charge >= 0.3 is 0 Å². The Morgan fingerprint density at radius 3 is 3.04 bits per heavy atom. The highest BCUT2D eigenvalue weighted by atomic mass is 35.5. The van der Waals surface area contributed by atoms with E-state index in [1.165, 1.54) is 0 Å². The largest absolute Gasteiger partial charge is 0.371 e. The molecule has 0 aliphatic carbocycles. The summed E-state index contributed by atoms with van der Waals surface area (Å²) in [4.78, 5) is 16.0. The van der Waals surface area contributed by atoms with E-state index in [1.807, 2.05) is 24.3 Å². The number of carbonyl (C=O) groups excluding carboxylic acids is 1. The van der Waals surface area contributed by atoms with Crippen LogP contribution in [0.15, 0.2) is 24.3 Å². The van der Waals surface area contributed by atoms with E-state index in [-0.39, 0.29) is 18.1 Å². The van der Waals surface area contributed by atoms with Gasteiger partial charge in [-0.15, -0.1) is 0 Å². The molecule has 0 N–H and O–H groups in total. The molecular weight excluding hydrogens is 326 g/mol. The molecule has 5 nitrogen and oxygen atoms in total. The molecule has 1 saturated heterocycles. The van der Waals surface area contributed by atoms with Crippen molar-refractivity contribution in [2.45, 2.75) is 31.9 Å². The second-order valence-corrected chi connectivity index (χ2v) is 6.63.